The highest BCUT2D eigenvalue weighted by atomic mass is 32.1. The predicted molar refractivity (Wildman–Crippen MR) is 137 cm³/mol. The molecule has 1 amide bonds. The van der Waals surface area contributed by atoms with Crippen LogP contribution in [0.5, 0.6) is 5.75 Å². The van der Waals surface area contributed by atoms with Crippen molar-refractivity contribution in [2.75, 3.05) is 5.32 Å². The monoisotopic (exact) mass is 486 g/mol. The number of thiazole rings is 1. The molecule has 0 unspecified atom stereocenters. The van der Waals surface area contributed by atoms with Crippen LogP contribution in [0.4, 0.5) is 5.00 Å². The number of amides is 1. The van der Waals surface area contributed by atoms with Crippen molar-refractivity contribution >= 4 is 44.6 Å². The lowest BCUT2D eigenvalue weighted by molar-refractivity contribution is 0.102. The van der Waals surface area contributed by atoms with Crippen molar-refractivity contribution < 1.29 is 9.53 Å². The Morgan fingerprint density at radius 1 is 1.12 bits per heavy atom. The number of aryl methyl sites for hydroxylation is 1. The second-order valence-corrected chi connectivity index (χ2v) is 10.1. The largest absolute Gasteiger partial charge is 0.487 e. The van der Waals surface area contributed by atoms with Crippen LogP contribution in [0.15, 0.2) is 59.4 Å². The van der Waals surface area contributed by atoms with Gasteiger partial charge in [0.05, 0.1) is 27.8 Å². The van der Waals surface area contributed by atoms with Crippen molar-refractivity contribution in [1.29, 1.82) is 0 Å². The molecular formula is C26H22N4O2S2. The maximum atomic E-state index is 13.3. The zero-order valence-electron chi connectivity index (χ0n) is 18.3. The number of carbonyl (C=O) groups excluding carboxylic acids is 1. The fourth-order valence-electron chi connectivity index (χ4n) is 4.34. The van der Waals surface area contributed by atoms with E-state index in [4.69, 9.17) is 9.72 Å². The maximum Gasteiger partial charge on any atom is 0.256 e. The molecule has 170 valence electrons. The Bertz CT molecular complexity index is 1440. The highest BCUT2D eigenvalue weighted by Gasteiger charge is 2.25. The average Bonchev–Trinajstić information content (AvgIpc) is 3.60. The van der Waals surface area contributed by atoms with Gasteiger partial charge in [0, 0.05) is 15.8 Å². The van der Waals surface area contributed by atoms with Crippen LogP contribution >= 0.6 is 22.7 Å². The third kappa shape index (κ3) is 4.10. The van der Waals surface area contributed by atoms with Crippen molar-refractivity contribution in [2.45, 2.75) is 32.3 Å². The molecule has 8 heteroatoms. The Morgan fingerprint density at radius 3 is 2.91 bits per heavy atom. The quantitative estimate of drug-likeness (QED) is 0.289. The molecule has 0 saturated heterocycles. The molecule has 5 aromatic rings. The van der Waals surface area contributed by atoms with Crippen molar-refractivity contribution in [3.63, 3.8) is 0 Å². The third-order valence-corrected chi connectivity index (χ3v) is 7.83. The predicted octanol–water partition coefficient (Wildman–Crippen LogP) is 6.46. The molecular weight excluding hydrogens is 464 g/mol. The number of thiophene rings is 1. The summed E-state index contributed by atoms with van der Waals surface area (Å²) in [6.45, 7) is 0.377. The van der Waals surface area contributed by atoms with E-state index in [1.54, 1.807) is 29.0 Å². The summed E-state index contributed by atoms with van der Waals surface area (Å²) < 4.78 is 5.84. The Balaban J connectivity index is 1.30. The molecule has 1 aliphatic carbocycles. The minimum absolute atomic E-state index is 0.157. The van der Waals surface area contributed by atoms with Crippen LogP contribution < -0.4 is 10.1 Å². The lowest BCUT2D eigenvalue weighted by atomic mass is 9.95. The summed E-state index contributed by atoms with van der Waals surface area (Å²) in [6.07, 6.45) is 4.39. The van der Waals surface area contributed by atoms with Crippen molar-refractivity contribution in [3.8, 4) is 17.1 Å². The second-order valence-electron chi connectivity index (χ2n) is 8.27. The van der Waals surface area contributed by atoms with Gasteiger partial charge in [-0.25, -0.2) is 9.97 Å². The van der Waals surface area contributed by atoms with E-state index in [0.29, 0.717) is 17.9 Å². The minimum atomic E-state index is -0.157. The molecule has 0 aliphatic heterocycles. The number of hydrogen-bond acceptors (Lipinski definition) is 6. The summed E-state index contributed by atoms with van der Waals surface area (Å²) in [6, 6.07) is 15.3. The maximum absolute atomic E-state index is 13.3. The average molecular weight is 487 g/mol. The van der Waals surface area contributed by atoms with E-state index in [9.17, 15) is 4.79 Å². The van der Waals surface area contributed by atoms with E-state index < -0.39 is 0 Å². The number of nitrogens with one attached hydrogen (secondary N) is 2. The molecule has 0 atom stereocenters. The second kappa shape index (κ2) is 9.04. The molecule has 1 aliphatic rings. The number of nitrogens with zero attached hydrogens (tertiary/aromatic N) is 2. The van der Waals surface area contributed by atoms with Gasteiger partial charge < -0.3 is 15.0 Å². The van der Waals surface area contributed by atoms with Gasteiger partial charge in [0.2, 0.25) is 0 Å². The van der Waals surface area contributed by atoms with Gasteiger partial charge in [0.25, 0.3) is 5.91 Å². The zero-order valence-corrected chi connectivity index (χ0v) is 20.0. The topological polar surface area (TPSA) is 79.9 Å². The van der Waals surface area contributed by atoms with Gasteiger partial charge in [-0.1, -0.05) is 18.2 Å². The number of para-hydroxylation sites is 2. The molecule has 6 nitrogen and oxygen atoms in total. The first kappa shape index (κ1) is 21.1. The minimum Gasteiger partial charge on any atom is -0.487 e. The smallest absolute Gasteiger partial charge is 0.256 e. The fraction of sp³-hybridized carbons (Fsp3) is 0.192. The summed E-state index contributed by atoms with van der Waals surface area (Å²) in [5, 5.41) is 5.98. The van der Waals surface area contributed by atoms with E-state index >= 15 is 0 Å². The number of anilines is 1. The van der Waals surface area contributed by atoms with E-state index in [1.807, 2.05) is 41.8 Å². The van der Waals surface area contributed by atoms with Gasteiger partial charge in [0.15, 0.2) is 0 Å². The number of rotatable bonds is 6. The molecule has 2 N–H and O–H groups in total. The van der Waals surface area contributed by atoms with E-state index in [1.165, 1.54) is 28.2 Å². The number of carbonyl (C=O) groups is 1. The number of aromatic nitrogens is 3. The number of fused-ring (bicyclic) bond motifs is 2. The van der Waals surface area contributed by atoms with Crippen LogP contribution in [-0.2, 0) is 19.4 Å². The van der Waals surface area contributed by atoms with Gasteiger partial charge >= 0.3 is 0 Å². The number of imidazole rings is 1. The van der Waals surface area contributed by atoms with Crippen molar-refractivity contribution in [3.05, 3.63) is 81.1 Å². The lowest BCUT2D eigenvalue weighted by Crippen LogP contribution is -2.12. The molecule has 0 saturated carbocycles. The number of aromatic amines is 1. The van der Waals surface area contributed by atoms with Crippen LogP contribution in [0.1, 0.15) is 39.3 Å². The summed E-state index contributed by atoms with van der Waals surface area (Å²) in [5.41, 5.74) is 7.47. The fourth-order valence-corrected chi connectivity index (χ4v) is 6.17. The summed E-state index contributed by atoms with van der Waals surface area (Å²) in [7, 11) is 0. The molecule has 34 heavy (non-hydrogen) atoms. The Labute approximate surface area is 204 Å². The highest BCUT2D eigenvalue weighted by molar-refractivity contribution is 7.17. The molecule has 3 heterocycles. The first-order chi connectivity index (χ1) is 16.7. The molecule has 0 spiro atoms. The zero-order chi connectivity index (χ0) is 22.9. The summed E-state index contributed by atoms with van der Waals surface area (Å²) in [4.78, 5) is 27.2. The van der Waals surface area contributed by atoms with E-state index in [-0.39, 0.29) is 5.91 Å². The number of ether oxygens (including phenoxy) is 1. The lowest BCUT2D eigenvalue weighted by Gasteiger charge is -2.12. The summed E-state index contributed by atoms with van der Waals surface area (Å²) >= 11 is 3.21. The van der Waals surface area contributed by atoms with Gasteiger partial charge in [0.1, 0.15) is 23.2 Å². The number of H-pyrrole nitrogens is 1. The third-order valence-electron chi connectivity index (χ3n) is 5.99. The molecule has 0 bridgehead atoms. The number of hydrogen-bond donors (Lipinski definition) is 2. The normalized spacial score (nSPS) is 13.1. The number of benzene rings is 2. The first-order valence-electron chi connectivity index (χ1n) is 11.3. The van der Waals surface area contributed by atoms with Gasteiger partial charge in [-0.15, -0.1) is 22.7 Å². The Kier molecular flexibility index (Phi) is 5.60. The van der Waals surface area contributed by atoms with Crippen molar-refractivity contribution in [1.82, 2.24) is 15.0 Å². The molecule has 3 aromatic heterocycles. The molecule has 6 rings (SSSR count). The molecule has 0 fully saturated rings. The van der Waals surface area contributed by atoms with E-state index in [0.717, 1.165) is 52.4 Å². The van der Waals surface area contributed by atoms with Gasteiger partial charge in [-0.2, -0.15) is 0 Å². The Morgan fingerprint density at radius 2 is 2.03 bits per heavy atom. The summed E-state index contributed by atoms with van der Waals surface area (Å²) in [5.74, 6) is 1.30. The van der Waals surface area contributed by atoms with Crippen LogP contribution in [0.25, 0.3) is 22.4 Å². The molecule has 2 aromatic carbocycles. The van der Waals surface area contributed by atoms with Gasteiger partial charge in [-0.3, -0.25) is 4.79 Å². The standard InChI is InChI=1S/C26H22N4O2S2/c31-25(16-6-5-7-18(12-16)32-13-17-14-33-15-27-17)30-26-23(19-8-1-4-11-22(19)34-26)24-28-20-9-2-3-10-21(20)29-24/h2-3,5-7,9-10,12,14-15H,1,4,8,11,13H2,(H,28,29)(H,30,31). The SMILES string of the molecule is O=C(Nc1sc2c(c1-c1nc3ccccc3[nH]1)CCCC2)c1cccc(OCc2cscn2)c1. The van der Waals surface area contributed by atoms with Crippen LogP contribution in [-0.4, -0.2) is 20.9 Å². The van der Waals surface area contributed by atoms with Crippen molar-refractivity contribution in [2.24, 2.45) is 0 Å². The highest BCUT2D eigenvalue weighted by Crippen LogP contribution is 2.44. The molecule has 0 radical (unpaired) electrons. The van der Waals surface area contributed by atoms with Crippen LogP contribution in [0.3, 0.4) is 0 Å². The van der Waals surface area contributed by atoms with E-state index in [2.05, 4.69) is 15.3 Å². The van der Waals surface area contributed by atoms with Crippen LogP contribution in [0.2, 0.25) is 0 Å². The van der Waals surface area contributed by atoms with Gasteiger partial charge in [-0.05, 0) is 61.6 Å². The Hall–Kier alpha value is -3.49. The van der Waals surface area contributed by atoms with Crippen LogP contribution in [0, 0.1) is 0 Å². The first-order valence-corrected chi connectivity index (χ1v) is 13.0.